The number of carboxylic acid groups (broad SMARTS) is 1. The van der Waals surface area contributed by atoms with Crippen molar-refractivity contribution in [2.45, 2.75) is 70.9 Å². The summed E-state index contributed by atoms with van der Waals surface area (Å²) >= 11 is 1.75. The van der Waals surface area contributed by atoms with Gasteiger partial charge in [-0.2, -0.15) is 0 Å². The van der Waals surface area contributed by atoms with Crippen LogP contribution in [0.2, 0.25) is 0 Å². The van der Waals surface area contributed by atoms with Gasteiger partial charge in [0.05, 0.1) is 41.3 Å². The predicted octanol–water partition coefficient (Wildman–Crippen LogP) is 4.16. The van der Waals surface area contributed by atoms with Crippen LogP contribution in [-0.4, -0.2) is 42.1 Å². The van der Waals surface area contributed by atoms with Crippen LogP contribution in [0, 0.1) is 12.8 Å². The number of carboxylic acids is 1. The summed E-state index contributed by atoms with van der Waals surface area (Å²) in [6, 6.07) is 3.80. The van der Waals surface area contributed by atoms with Gasteiger partial charge >= 0.3 is 5.97 Å². The van der Waals surface area contributed by atoms with E-state index in [2.05, 4.69) is 15.6 Å². The number of nitrogens with zero attached hydrogens (tertiary/aromatic N) is 5. The molecule has 3 aromatic rings. The van der Waals surface area contributed by atoms with Crippen LogP contribution >= 0.6 is 11.3 Å². The molecule has 3 aromatic heterocycles. The molecular weight excluding hydrogens is 452 g/mol. The summed E-state index contributed by atoms with van der Waals surface area (Å²) in [4.78, 5) is 22.3. The lowest BCUT2D eigenvalue weighted by atomic mass is 9.87. The van der Waals surface area contributed by atoms with E-state index >= 15 is 0 Å². The Hall–Kier alpha value is -3.01. The van der Waals surface area contributed by atoms with E-state index in [1.54, 1.807) is 16.0 Å². The molecule has 0 unspecified atom stereocenters. The number of nitrogens with one attached hydrogen (secondary N) is 1. The van der Waals surface area contributed by atoms with Gasteiger partial charge in [0.1, 0.15) is 11.4 Å². The van der Waals surface area contributed by atoms with E-state index in [4.69, 9.17) is 14.7 Å². The summed E-state index contributed by atoms with van der Waals surface area (Å²) in [7, 11) is 1.88. The van der Waals surface area contributed by atoms with Crippen LogP contribution in [0.5, 0.6) is 5.75 Å². The molecule has 0 aromatic carbocycles. The summed E-state index contributed by atoms with van der Waals surface area (Å²) in [6.07, 6.45) is 7.56. The lowest BCUT2D eigenvalue weighted by molar-refractivity contribution is -0.143. The lowest BCUT2D eigenvalue weighted by Gasteiger charge is -2.27. The Morgan fingerprint density at radius 2 is 2.09 bits per heavy atom. The maximum Gasteiger partial charge on any atom is 0.306 e. The molecule has 0 saturated heterocycles. The summed E-state index contributed by atoms with van der Waals surface area (Å²) in [5, 5.41) is 22.3. The number of anilines is 1. The van der Waals surface area contributed by atoms with Gasteiger partial charge in [0.2, 0.25) is 0 Å². The Bertz CT molecular complexity index is 1170. The van der Waals surface area contributed by atoms with Crippen molar-refractivity contribution in [3.8, 4) is 17.1 Å². The molecule has 9 nitrogen and oxygen atoms in total. The van der Waals surface area contributed by atoms with Crippen LogP contribution in [0.3, 0.4) is 0 Å². The number of ether oxygens (including phenoxy) is 1. The van der Waals surface area contributed by atoms with E-state index in [-0.39, 0.29) is 12.0 Å². The number of rotatable bonds is 7. The maximum atomic E-state index is 11.4. The highest BCUT2D eigenvalue weighted by molar-refractivity contribution is 7.15. The molecule has 2 aliphatic rings. The molecule has 1 fully saturated rings. The smallest absolute Gasteiger partial charge is 0.306 e. The highest BCUT2D eigenvalue weighted by Crippen LogP contribution is 2.32. The van der Waals surface area contributed by atoms with Crippen molar-refractivity contribution in [1.29, 1.82) is 0 Å². The minimum atomic E-state index is -0.736. The van der Waals surface area contributed by atoms with Crippen LogP contribution in [0.25, 0.3) is 11.4 Å². The molecule has 34 heavy (non-hydrogen) atoms. The topological polar surface area (TPSA) is 115 Å². The zero-order chi connectivity index (χ0) is 23.7. The summed E-state index contributed by atoms with van der Waals surface area (Å²) in [6.45, 7) is 2.47. The molecule has 2 N–H and O–H groups in total. The summed E-state index contributed by atoms with van der Waals surface area (Å²) in [5.41, 5.74) is 4.40. The first-order valence-electron chi connectivity index (χ1n) is 12.0. The number of hydrogen-bond acceptors (Lipinski definition) is 8. The van der Waals surface area contributed by atoms with E-state index in [0.717, 1.165) is 60.0 Å². The van der Waals surface area contributed by atoms with Gasteiger partial charge in [0.25, 0.3) is 0 Å². The molecular formula is C24H30N6O3S. The van der Waals surface area contributed by atoms with Gasteiger partial charge in [-0.25, -0.2) is 14.6 Å². The molecule has 5 rings (SSSR count). The first-order valence-corrected chi connectivity index (χ1v) is 12.8. The summed E-state index contributed by atoms with van der Waals surface area (Å²) in [5.74, 6) is -0.374. The van der Waals surface area contributed by atoms with Crippen molar-refractivity contribution in [1.82, 2.24) is 25.0 Å². The van der Waals surface area contributed by atoms with Crippen LogP contribution in [0.4, 0.5) is 5.13 Å². The van der Waals surface area contributed by atoms with Crippen LogP contribution in [0.1, 0.15) is 60.5 Å². The zero-order valence-electron chi connectivity index (χ0n) is 19.6. The van der Waals surface area contributed by atoms with Crippen molar-refractivity contribution < 1.29 is 14.6 Å². The average Bonchev–Trinajstić information content (AvgIpc) is 3.42. The molecule has 0 radical (unpaired) electrons. The quantitative estimate of drug-likeness (QED) is 0.516. The number of carbonyl (C=O) groups is 1. The van der Waals surface area contributed by atoms with Gasteiger partial charge in [0.15, 0.2) is 5.13 Å². The minimum absolute atomic E-state index is 0.0957. The number of aryl methyl sites for hydroxylation is 4. The van der Waals surface area contributed by atoms with Crippen LogP contribution < -0.4 is 10.1 Å². The summed E-state index contributed by atoms with van der Waals surface area (Å²) < 4.78 is 7.92. The molecule has 2 atom stereocenters. The number of thiazole rings is 1. The van der Waals surface area contributed by atoms with Crippen molar-refractivity contribution >= 4 is 22.4 Å². The van der Waals surface area contributed by atoms with Gasteiger partial charge < -0.3 is 15.2 Å². The van der Waals surface area contributed by atoms with Crippen molar-refractivity contribution in [2.75, 3.05) is 5.32 Å². The number of aromatic nitrogens is 5. The maximum absolute atomic E-state index is 11.4. The fourth-order valence-corrected chi connectivity index (χ4v) is 5.87. The first kappa shape index (κ1) is 22.8. The van der Waals surface area contributed by atoms with Gasteiger partial charge in [-0.15, -0.1) is 16.4 Å². The molecule has 3 heterocycles. The fraction of sp³-hybridized carbons (Fsp3) is 0.542. The number of hydrogen-bond donors (Lipinski definition) is 2. The second-order valence-electron chi connectivity index (χ2n) is 9.18. The third kappa shape index (κ3) is 4.77. The molecule has 0 bridgehead atoms. The molecule has 0 spiro atoms. The van der Waals surface area contributed by atoms with Crippen LogP contribution in [-0.2, 0) is 31.2 Å². The second-order valence-corrected chi connectivity index (χ2v) is 10.3. The largest absolute Gasteiger partial charge is 0.489 e. The molecule has 2 aliphatic carbocycles. The zero-order valence-corrected chi connectivity index (χ0v) is 20.4. The SMILES string of the molecule is Cc1nc(-c2nnn(C)c2CNc2nc3c(s2)CCCC3)ccc1O[C@H]1CCC[C@H](C(=O)O)C1. The Kier molecular flexibility index (Phi) is 6.49. The fourth-order valence-electron chi connectivity index (χ4n) is 4.82. The average molecular weight is 483 g/mol. The second kappa shape index (κ2) is 9.69. The van der Waals surface area contributed by atoms with Crippen LogP contribution in [0.15, 0.2) is 12.1 Å². The van der Waals surface area contributed by atoms with E-state index in [9.17, 15) is 9.90 Å². The molecule has 0 aliphatic heterocycles. The molecule has 10 heteroatoms. The Labute approximate surface area is 202 Å². The number of fused-ring (bicyclic) bond motifs is 1. The Morgan fingerprint density at radius 3 is 2.88 bits per heavy atom. The van der Waals surface area contributed by atoms with E-state index in [0.29, 0.717) is 18.7 Å². The lowest BCUT2D eigenvalue weighted by Crippen LogP contribution is -2.29. The number of pyridine rings is 1. The number of aliphatic carboxylic acids is 1. The van der Waals surface area contributed by atoms with Crippen molar-refractivity contribution in [3.05, 3.63) is 34.1 Å². The normalized spacial score (nSPS) is 20.1. The molecule has 1 saturated carbocycles. The minimum Gasteiger partial charge on any atom is -0.489 e. The standard InChI is InChI=1S/C24H30N6O3S/c1-14-20(33-16-7-5-6-15(12-16)23(31)32)11-10-18(26-14)22-19(30(2)29-28-22)13-25-24-27-17-8-3-4-9-21(17)34-24/h10-11,15-16H,3-9,12-13H2,1-2H3,(H,25,27)(H,31,32)/t15-,16-/m0/s1. The van der Waals surface area contributed by atoms with E-state index in [1.165, 1.54) is 23.4 Å². The van der Waals surface area contributed by atoms with Crippen molar-refractivity contribution in [3.63, 3.8) is 0 Å². The van der Waals surface area contributed by atoms with Gasteiger partial charge in [-0.1, -0.05) is 5.21 Å². The van der Waals surface area contributed by atoms with Crippen molar-refractivity contribution in [2.24, 2.45) is 13.0 Å². The highest BCUT2D eigenvalue weighted by atomic mass is 32.1. The van der Waals surface area contributed by atoms with E-state index < -0.39 is 5.97 Å². The third-order valence-electron chi connectivity index (χ3n) is 6.74. The molecule has 180 valence electrons. The first-order chi connectivity index (χ1) is 16.5. The molecule has 0 amide bonds. The Balaban J connectivity index is 1.29. The third-order valence-corrected chi connectivity index (χ3v) is 7.86. The monoisotopic (exact) mass is 482 g/mol. The predicted molar refractivity (Wildman–Crippen MR) is 129 cm³/mol. The van der Waals surface area contributed by atoms with Gasteiger partial charge in [-0.05, 0) is 70.4 Å². The van der Waals surface area contributed by atoms with Gasteiger partial charge in [-0.3, -0.25) is 4.79 Å². The van der Waals surface area contributed by atoms with Gasteiger partial charge in [0, 0.05) is 11.9 Å². The Morgan fingerprint density at radius 1 is 1.24 bits per heavy atom. The highest BCUT2D eigenvalue weighted by Gasteiger charge is 2.28. The van der Waals surface area contributed by atoms with E-state index in [1.807, 2.05) is 26.1 Å².